The van der Waals surface area contributed by atoms with Gasteiger partial charge >= 0.3 is 0 Å². The molecule has 0 atom stereocenters. The van der Waals surface area contributed by atoms with Crippen molar-refractivity contribution in [2.24, 2.45) is 10.9 Å². The van der Waals surface area contributed by atoms with Crippen molar-refractivity contribution in [3.63, 3.8) is 0 Å². The quantitative estimate of drug-likeness (QED) is 0.307. The Hall–Kier alpha value is -1.58. The second kappa shape index (κ2) is 3.65. The van der Waals surface area contributed by atoms with E-state index in [0.717, 1.165) is 5.56 Å². The zero-order chi connectivity index (χ0) is 10.8. The highest BCUT2D eigenvalue weighted by atomic mass is 16.4. The average molecular weight is 193 g/mol. The van der Waals surface area contributed by atoms with Gasteiger partial charge in [-0.2, -0.15) is 0 Å². The van der Waals surface area contributed by atoms with Crippen LogP contribution in [0.5, 0.6) is 0 Å². The highest BCUT2D eigenvalue weighted by molar-refractivity contribution is 5.96. The molecular formula is C10H15N3O. The van der Waals surface area contributed by atoms with Crippen molar-refractivity contribution in [2.75, 3.05) is 0 Å². The van der Waals surface area contributed by atoms with E-state index >= 15 is 0 Å². The van der Waals surface area contributed by atoms with Gasteiger partial charge in [-0.1, -0.05) is 25.9 Å². The Morgan fingerprint density at radius 2 is 2.07 bits per heavy atom. The van der Waals surface area contributed by atoms with Crippen LogP contribution in [0.1, 0.15) is 31.9 Å². The van der Waals surface area contributed by atoms with E-state index in [1.54, 1.807) is 12.4 Å². The smallest absolute Gasteiger partial charge is 0.171 e. The third kappa shape index (κ3) is 2.22. The summed E-state index contributed by atoms with van der Waals surface area (Å²) in [6.07, 6.45) is 3.36. The average Bonchev–Trinajstić information content (AvgIpc) is 2.15. The van der Waals surface area contributed by atoms with Crippen molar-refractivity contribution in [3.05, 3.63) is 29.6 Å². The summed E-state index contributed by atoms with van der Waals surface area (Å²) in [7, 11) is 0. The molecule has 0 aromatic carbocycles. The van der Waals surface area contributed by atoms with Crippen LogP contribution in [0, 0.1) is 0 Å². The van der Waals surface area contributed by atoms with Crippen LogP contribution >= 0.6 is 0 Å². The zero-order valence-corrected chi connectivity index (χ0v) is 8.65. The predicted octanol–water partition coefficient (Wildman–Crippen LogP) is 1.47. The van der Waals surface area contributed by atoms with E-state index in [1.807, 2.05) is 6.07 Å². The molecule has 14 heavy (non-hydrogen) atoms. The maximum Gasteiger partial charge on any atom is 0.171 e. The number of pyridine rings is 1. The van der Waals surface area contributed by atoms with Gasteiger partial charge in [0.15, 0.2) is 5.84 Å². The third-order valence-corrected chi connectivity index (χ3v) is 2.01. The Morgan fingerprint density at radius 3 is 2.57 bits per heavy atom. The molecule has 0 fully saturated rings. The van der Waals surface area contributed by atoms with Crippen molar-refractivity contribution in [1.82, 2.24) is 4.98 Å². The van der Waals surface area contributed by atoms with Crippen LogP contribution in [-0.2, 0) is 5.41 Å². The first-order valence-corrected chi connectivity index (χ1v) is 4.38. The lowest BCUT2D eigenvalue weighted by Gasteiger charge is -2.18. The van der Waals surface area contributed by atoms with Gasteiger partial charge in [-0.3, -0.25) is 4.98 Å². The fourth-order valence-corrected chi connectivity index (χ4v) is 1.05. The van der Waals surface area contributed by atoms with Gasteiger partial charge in [-0.15, -0.1) is 0 Å². The molecule has 0 saturated heterocycles. The number of nitrogens with two attached hydrogens (primary N) is 1. The molecule has 0 unspecified atom stereocenters. The van der Waals surface area contributed by atoms with Gasteiger partial charge in [0.2, 0.25) is 0 Å². The van der Waals surface area contributed by atoms with Crippen molar-refractivity contribution in [1.29, 1.82) is 0 Å². The van der Waals surface area contributed by atoms with Gasteiger partial charge in [-0.05, 0) is 17.0 Å². The van der Waals surface area contributed by atoms with Crippen LogP contribution in [0.3, 0.4) is 0 Å². The summed E-state index contributed by atoms with van der Waals surface area (Å²) in [5.41, 5.74) is 7.17. The number of hydrogen-bond acceptors (Lipinski definition) is 3. The van der Waals surface area contributed by atoms with Gasteiger partial charge in [0.25, 0.3) is 0 Å². The van der Waals surface area contributed by atoms with Gasteiger partial charge in [0.05, 0.1) is 0 Å². The maximum absolute atomic E-state index is 8.52. The Morgan fingerprint density at radius 1 is 1.43 bits per heavy atom. The number of rotatable bonds is 1. The van der Waals surface area contributed by atoms with Crippen LogP contribution in [0.25, 0.3) is 0 Å². The van der Waals surface area contributed by atoms with Gasteiger partial charge < -0.3 is 10.9 Å². The minimum Gasteiger partial charge on any atom is -0.409 e. The first-order valence-electron chi connectivity index (χ1n) is 4.38. The van der Waals surface area contributed by atoms with E-state index in [-0.39, 0.29) is 11.3 Å². The molecule has 0 aliphatic carbocycles. The number of nitrogens with zero attached hydrogens (tertiary/aromatic N) is 2. The number of aromatic nitrogens is 1. The van der Waals surface area contributed by atoms with E-state index in [0.29, 0.717) is 5.56 Å². The molecule has 1 heterocycles. The molecule has 4 heteroatoms. The van der Waals surface area contributed by atoms with Crippen molar-refractivity contribution in [3.8, 4) is 0 Å². The summed E-state index contributed by atoms with van der Waals surface area (Å²) in [5, 5.41) is 11.5. The predicted molar refractivity (Wildman–Crippen MR) is 55.4 cm³/mol. The molecule has 0 aliphatic rings. The lowest BCUT2D eigenvalue weighted by Crippen LogP contribution is -2.17. The van der Waals surface area contributed by atoms with Crippen molar-refractivity contribution >= 4 is 5.84 Å². The van der Waals surface area contributed by atoms with Crippen LogP contribution in [-0.4, -0.2) is 16.0 Å². The van der Waals surface area contributed by atoms with Gasteiger partial charge in [0.1, 0.15) is 0 Å². The van der Waals surface area contributed by atoms with E-state index in [4.69, 9.17) is 10.9 Å². The fraction of sp³-hybridized carbons (Fsp3) is 0.400. The standard InChI is InChI=1S/C10H15N3O/c1-10(2,3)8-4-7(5-12-6-8)9(11)13-14/h4-6,14H,1-3H3,(H2,11,13). The summed E-state index contributed by atoms with van der Waals surface area (Å²) in [6.45, 7) is 6.25. The maximum atomic E-state index is 8.52. The van der Waals surface area contributed by atoms with Crippen molar-refractivity contribution in [2.45, 2.75) is 26.2 Å². The number of oxime groups is 1. The SMILES string of the molecule is CC(C)(C)c1cncc(/C(N)=N/O)c1. The Kier molecular flexibility index (Phi) is 2.74. The van der Waals surface area contributed by atoms with E-state index in [1.165, 1.54) is 0 Å². The van der Waals surface area contributed by atoms with Crippen LogP contribution in [0.15, 0.2) is 23.6 Å². The number of hydrogen-bond donors (Lipinski definition) is 2. The lowest BCUT2D eigenvalue weighted by atomic mass is 9.87. The molecule has 4 nitrogen and oxygen atoms in total. The van der Waals surface area contributed by atoms with Crippen LogP contribution < -0.4 is 5.73 Å². The monoisotopic (exact) mass is 193 g/mol. The minimum absolute atomic E-state index is 0.0126. The van der Waals surface area contributed by atoms with Crippen LogP contribution in [0.4, 0.5) is 0 Å². The first kappa shape index (κ1) is 10.5. The van der Waals surface area contributed by atoms with Crippen molar-refractivity contribution < 1.29 is 5.21 Å². The van der Waals surface area contributed by atoms with Crippen LogP contribution in [0.2, 0.25) is 0 Å². The summed E-state index contributed by atoms with van der Waals surface area (Å²) in [5.74, 6) is 0.0867. The molecule has 0 radical (unpaired) electrons. The molecule has 0 saturated carbocycles. The normalized spacial score (nSPS) is 12.9. The molecular weight excluding hydrogens is 178 g/mol. The molecule has 1 rings (SSSR count). The first-order chi connectivity index (χ1) is 6.45. The third-order valence-electron chi connectivity index (χ3n) is 2.01. The summed E-state index contributed by atoms with van der Waals surface area (Å²) in [6, 6.07) is 1.88. The Labute approximate surface area is 83.5 Å². The molecule has 1 aromatic rings. The topological polar surface area (TPSA) is 71.5 Å². The Balaban J connectivity index is 3.14. The lowest BCUT2D eigenvalue weighted by molar-refractivity contribution is 0.318. The highest BCUT2D eigenvalue weighted by Gasteiger charge is 2.14. The molecule has 0 amide bonds. The fourth-order valence-electron chi connectivity index (χ4n) is 1.05. The largest absolute Gasteiger partial charge is 0.409 e. The minimum atomic E-state index is 0.0126. The van der Waals surface area contributed by atoms with E-state index < -0.39 is 0 Å². The molecule has 0 bridgehead atoms. The van der Waals surface area contributed by atoms with E-state index in [9.17, 15) is 0 Å². The Bertz CT molecular complexity index is 353. The summed E-state index contributed by atoms with van der Waals surface area (Å²) >= 11 is 0. The second-order valence-corrected chi connectivity index (χ2v) is 4.20. The highest BCUT2D eigenvalue weighted by Crippen LogP contribution is 2.21. The summed E-state index contributed by atoms with van der Waals surface area (Å²) in [4.78, 5) is 4.05. The molecule has 0 aliphatic heterocycles. The molecule has 1 aromatic heterocycles. The molecule has 76 valence electrons. The van der Waals surface area contributed by atoms with E-state index in [2.05, 4.69) is 30.9 Å². The molecule has 3 N–H and O–H groups in total. The van der Waals surface area contributed by atoms with Gasteiger partial charge in [0, 0.05) is 18.0 Å². The van der Waals surface area contributed by atoms with Gasteiger partial charge in [-0.25, -0.2) is 0 Å². The zero-order valence-electron chi connectivity index (χ0n) is 8.65. The molecule has 0 spiro atoms. The second-order valence-electron chi connectivity index (χ2n) is 4.20. The summed E-state index contributed by atoms with van der Waals surface area (Å²) < 4.78 is 0. The number of amidine groups is 1.